The molecule has 1 aliphatic rings. The van der Waals surface area contributed by atoms with Crippen molar-refractivity contribution in [3.05, 3.63) is 49.6 Å². The van der Waals surface area contributed by atoms with E-state index in [9.17, 15) is 36.2 Å². The van der Waals surface area contributed by atoms with E-state index in [2.05, 4.69) is 10.1 Å². The number of alkyl halides is 6. The zero-order valence-corrected chi connectivity index (χ0v) is 16.2. The molecule has 0 aromatic carbocycles. The van der Waals surface area contributed by atoms with E-state index in [0.29, 0.717) is 12.5 Å². The Kier molecular flexibility index (Phi) is 4.90. The second-order valence-corrected chi connectivity index (χ2v) is 8.18. The molecule has 0 bridgehead atoms. The fourth-order valence-corrected chi connectivity index (χ4v) is 4.53. The van der Waals surface area contributed by atoms with Crippen LogP contribution in [0, 0.1) is 5.92 Å². The van der Waals surface area contributed by atoms with Gasteiger partial charge in [-0.15, -0.1) is 0 Å². The highest BCUT2D eigenvalue weighted by Gasteiger charge is 2.47. The summed E-state index contributed by atoms with van der Waals surface area (Å²) >= 11 is 6.02. The summed E-state index contributed by atoms with van der Waals surface area (Å²) in [6.07, 6.45) is -9.15. The number of aliphatic hydroxyl groups excluding tert-OH is 1. The lowest BCUT2D eigenvalue weighted by atomic mass is 10.2. The van der Waals surface area contributed by atoms with Gasteiger partial charge in [0.1, 0.15) is 10.0 Å². The van der Waals surface area contributed by atoms with E-state index in [4.69, 9.17) is 11.6 Å². The minimum Gasteiger partial charge on any atom is -0.396 e. The third-order valence-corrected chi connectivity index (χ3v) is 6.11. The SMILES string of the molecule is O=c1cc(Cn2nc(C(F)(F)F)cc2Cl)nc2sc(C(F)(F)F)c(C3CC3CO)n12. The average molecular weight is 473 g/mol. The third kappa shape index (κ3) is 3.69. The molecule has 162 valence electrons. The van der Waals surface area contributed by atoms with Crippen LogP contribution in [0.2, 0.25) is 5.15 Å². The van der Waals surface area contributed by atoms with Crippen molar-refractivity contribution >= 4 is 27.9 Å². The van der Waals surface area contributed by atoms with Crippen LogP contribution >= 0.6 is 22.9 Å². The smallest absolute Gasteiger partial charge is 0.396 e. The second-order valence-electron chi connectivity index (χ2n) is 6.81. The molecule has 1 fully saturated rings. The van der Waals surface area contributed by atoms with Crippen LogP contribution in [0.25, 0.3) is 4.96 Å². The number of rotatable bonds is 4. The van der Waals surface area contributed by atoms with Gasteiger partial charge < -0.3 is 5.11 Å². The summed E-state index contributed by atoms with van der Waals surface area (Å²) in [6, 6.07) is 1.53. The van der Waals surface area contributed by atoms with Crippen LogP contribution in [0.5, 0.6) is 0 Å². The Balaban J connectivity index is 1.78. The second kappa shape index (κ2) is 6.95. The molecule has 1 N–H and O–H groups in total. The highest BCUT2D eigenvalue weighted by molar-refractivity contribution is 7.17. The number of aliphatic hydroxyl groups is 1. The van der Waals surface area contributed by atoms with Gasteiger partial charge in [-0.2, -0.15) is 31.4 Å². The first-order chi connectivity index (χ1) is 13.9. The Morgan fingerprint density at radius 1 is 1.20 bits per heavy atom. The Labute approximate surface area is 172 Å². The number of aromatic nitrogens is 4. The van der Waals surface area contributed by atoms with Crippen LogP contribution in [0.1, 0.15) is 34.3 Å². The summed E-state index contributed by atoms with van der Waals surface area (Å²) in [5.41, 5.74) is -2.39. The first kappa shape index (κ1) is 21.1. The molecule has 6 nitrogen and oxygen atoms in total. The molecule has 3 heterocycles. The van der Waals surface area contributed by atoms with Gasteiger partial charge in [-0.05, 0) is 12.3 Å². The molecule has 2 atom stereocenters. The molecule has 0 radical (unpaired) electrons. The van der Waals surface area contributed by atoms with Gasteiger partial charge in [-0.3, -0.25) is 9.20 Å². The predicted octanol–water partition coefficient (Wildman–Crippen LogP) is 3.79. The third-order valence-electron chi connectivity index (χ3n) is 4.71. The van der Waals surface area contributed by atoms with Crippen molar-refractivity contribution in [2.24, 2.45) is 5.92 Å². The van der Waals surface area contributed by atoms with Gasteiger partial charge in [-0.1, -0.05) is 22.9 Å². The molecule has 3 aromatic rings. The Hall–Kier alpha value is -2.12. The Morgan fingerprint density at radius 3 is 2.43 bits per heavy atom. The molecule has 3 aromatic heterocycles. The number of hydrogen-bond acceptors (Lipinski definition) is 5. The van der Waals surface area contributed by atoms with E-state index in [1.807, 2.05) is 0 Å². The quantitative estimate of drug-likeness (QED) is 0.587. The zero-order valence-electron chi connectivity index (χ0n) is 14.6. The summed E-state index contributed by atoms with van der Waals surface area (Å²) in [5.74, 6) is -1.00. The molecule has 1 saturated carbocycles. The lowest BCUT2D eigenvalue weighted by molar-refractivity contribution is -0.141. The monoisotopic (exact) mass is 472 g/mol. The van der Waals surface area contributed by atoms with Crippen molar-refractivity contribution in [1.82, 2.24) is 19.2 Å². The van der Waals surface area contributed by atoms with Crippen LogP contribution in [-0.4, -0.2) is 30.9 Å². The largest absolute Gasteiger partial charge is 0.435 e. The fourth-order valence-electron chi connectivity index (χ4n) is 3.24. The summed E-state index contributed by atoms with van der Waals surface area (Å²) in [5, 5.41) is 12.2. The maximum Gasteiger partial charge on any atom is 0.435 e. The van der Waals surface area contributed by atoms with Crippen molar-refractivity contribution in [2.75, 3.05) is 6.61 Å². The van der Waals surface area contributed by atoms with E-state index in [1.54, 1.807) is 0 Å². The first-order valence-electron chi connectivity index (χ1n) is 8.44. The Morgan fingerprint density at radius 2 is 1.90 bits per heavy atom. The van der Waals surface area contributed by atoms with Crippen LogP contribution in [0.4, 0.5) is 26.3 Å². The van der Waals surface area contributed by atoms with Crippen molar-refractivity contribution in [3.8, 4) is 0 Å². The van der Waals surface area contributed by atoms with Gasteiger partial charge >= 0.3 is 12.4 Å². The van der Waals surface area contributed by atoms with Gasteiger partial charge in [0.05, 0.1) is 17.9 Å². The predicted molar refractivity (Wildman–Crippen MR) is 93.6 cm³/mol. The molecule has 1 aliphatic carbocycles. The summed E-state index contributed by atoms with van der Waals surface area (Å²) in [7, 11) is 0. The van der Waals surface area contributed by atoms with Crippen LogP contribution < -0.4 is 5.56 Å². The minimum atomic E-state index is -4.73. The molecular formula is C16H11ClF6N4O2S. The van der Waals surface area contributed by atoms with Crippen LogP contribution in [-0.2, 0) is 18.9 Å². The van der Waals surface area contributed by atoms with Crippen molar-refractivity contribution in [1.29, 1.82) is 0 Å². The molecule has 2 unspecified atom stereocenters. The topological polar surface area (TPSA) is 72.4 Å². The van der Waals surface area contributed by atoms with Gasteiger partial charge in [0.15, 0.2) is 10.7 Å². The molecule has 0 saturated heterocycles. The van der Waals surface area contributed by atoms with Gasteiger partial charge in [0.25, 0.3) is 5.56 Å². The summed E-state index contributed by atoms with van der Waals surface area (Å²) in [6.45, 7) is -0.739. The van der Waals surface area contributed by atoms with E-state index in [1.165, 1.54) is 0 Å². The van der Waals surface area contributed by atoms with Gasteiger partial charge in [-0.25, -0.2) is 9.67 Å². The van der Waals surface area contributed by atoms with E-state index in [0.717, 1.165) is 15.1 Å². The van der Waals surface area contributed by atoms with Crippen molar-refractivity contribution < 1.29 is 31.4 Å². The highest BCUT2D eigenvalue weighted by atomic mass is 35.5. The Bertz CT molecular complexity index is 1180. The number of hydrogen-bond donors (Lipinski definition) is 1. The number of nitrogens with zero attached hydrogens (tertiary/aromatic N) is 4. The number of fused-ring (bicyclic) bond motifs is 1. The van der Waals surface area contributed by atoms with E-state index >= 15 is 0 Å². The normalized spacial score (nSPS) is 19.6. The summed E-state index contributed by atoms with van der Waals surface area (Å²) in [4.78, 5) is 15.4. The van der Waals surface area contributed by atoms with Gasteiger partial charge in [0, 0.05) is 24.7 Å². The molecule has 0 aliphatic heterocycles. The standard InChI is InChI=1S/C16H11ClF6N4O2S/c17-10-3-9(15(18,19)20)25-26(10)4-7-2-11(29)27-12(8-1-6(8)5-28)13(16(21,22)23)30-14(27)24-7/h2-3,6,8,28H,1,4-5H2. The molecule has 14 heteroatoms. The van der Waals surface area contributed by atoms with Crippen LogP contribution in [0.3, 0.4) is 0 Å². The fraction of sp³-hybridized carbons (Fsp3) is 0.438. The van der Waals surface area contributed by atoms with Crippen molar-refractivity contribution in [3.63, 3.8) is 0 Å². The molecular weight excluding hydrogens is 462 g/mol. The minimum absolute atomic E-state index is 0.0882. The lowest BCUT2D eigenvalue weighted by Gasteiger charge is -2.08. The van der Waals surface area contributed by atoms with E-state index in [-0.39, 0.29) is 45.4 Å². The van der Waals surface area contributed by atoms with Gasteiger partial charge in [0.2, 0.25) is 0 Å². The maximum absolute atomic E-state index is 13.5. The summed E-state index contributed by atoms with van der Waals surface area (Å²) < 4.78 is 80.5. The zero-order chi connectivity index (χ0) is 22.0. The average Bonchev–Trinajstić information content (AvgIpc) is 3.14. The highest BCUT2D eigenvalue weighted by Crippen LogP contribution is 2.52. The maximum atomic E-state index is 13.5. The van der Waals surface area contributed by atoms with Crippen molar-refractivity contribution in [2.45, 2.75) is 31.2 Å². The molecule has 30 heavy (non-hydrogen) atoms. The number of halogens is 7. The van der Waals surface area contributed by atoms with Crippen LogP contribution in [0.15, 0.2) is 16.9 Å². The lowest BCUT2D eigenvalue weighted by Crippen LogP contribution is -2.19. The first-order valence-corrected chi connectivity index (χ1v) is 9.63. The number of thiazole rings is 1. The molecule has 4 rings (SSSR count). The van der Waals surface area contributed by atoms with E-state index < -0.39 is 40.9 Å². The molecule has 0 spiro atoms. The molecule has 0 amide bonds.